The summed E-state index contributed by atoms with van der Waals surface area (Å²) in [6.45, 7) is 0.441. The first kappa shape index (κ1) is 20.3. The highest BCUT2D eigenvalue weighted by Crippen LogP contribution is 2.35. The predicted molar refractivity (Wildman–Crippen MR) is 121 cm³/mol. The molecule has 6 nitrogen and oxygen atoms in total. The molecule has 0 bridgehead atoms. The number of fused-ring (bicyclic) bond motifs is 1. The lowest BCUT2D eigenvalue weighted by molar-refractivity contribution is -0.384. The molecule has 0 saturated heterocycles. The summed E-state index contributed by atoms with van der Waals surface area (Å²) in [7, 11) is 1.96. The molecule has 1 N–H and O–H groups in total. The van der Waals surface area contributed by atoms with Crippen molar-refractivity contribution in [3.63, 3.8) is 0 Å². The number of amides is 1. The van der Waals surface area contributed by atoms with Gasteiger partial charge in [-0.1, -0.05) is 60.7 Å². The molecule has 0 aliphatic heterocycles. The number of nitrogens with zero attached hydrogens (tertiary/aromatic N) is 2. The van der Waals surface area contributed by atoms with Crippen LogP contribution in [0.15, 0.2) is 85.1 Å². The van der Waals surface area contributed by atoms with E-state index < -0.39 is 4.92 Å². The van der Waals surface area contributed by atoms with E-state index in [2.05, 4.69) is 5.32 Å². The maximum absolute atomic E-state index is 12.9. The number of aryl methyl sites for hydroxylation is 1. The average Bonchev–Trinajstić information content (AvgIpc) is 3.13. The lowest BCUT2D eigenvalue weighted by Gasteiger charge is -2.17. The van der Waals surface area contributed by atoms with E-state index in [1.54, 1.807) is 12.1 Å². The van der Waals surface area contributed by atoms with Crippen molar-refractivity contribution in [1.82, 2.24) is 9.88 Å². The quantitative estimate of drug-likeness (QED) is 0.345. The third kappa shape index (κ3) is 4.48. The van der Waals surface area contributed by atoms with E-state index in [0.717, 1.165) is 27.6 Å². The molecule has 0 aliphatic carbocycles. The number of rotatable bonds is 7. The molecule has 0 aliphatic rings. The Hall–Kier alpha value is -3.93. The van der Waals surface area contributed by atoms with Gasteiger partial charge in [-0.3, -0.25) is 14.9 Å². The zero-order valence-electron chi connectivity index (χ0n) is 17.2. The minimum atomic E-state index is -0.404. The highest BCUT2D eigenvalue weighted by molar-refractivity contribution is 5.86. The number of carbonyl (C=O) groups excluding carboxylic acids is 1. The van der Waals surface area contributed by atoms with Gasteiger partial charge in [-0.2, -0.15) is 0 Å². The van der Waals surface area contributed by atoms with Gasteiger partial charge in [0.15, 0.2) is 0 Å². The molecule has 0 spiro atoms. The summed E-state index contributed by atoms with van der Waals surface area (Å²) in [5.41, 5.74) is 3.83. The summed E-state index contributed by atoms with van der Waals surface area (Å²) < 4.78 is 2.02. The monoisotopic (exact) mass is 413 g/mol. The second kappa shape index (κ2) is 8.83. The molecule has 1 atom stereocenters. The number of nitrogens with one attached hydrogen (secondary N) is 1. The second-order valence-corrected chi connectivity index (χ2v) is 7.58. The number of carbonyl (C=O) groups is 1. The summed E-state index contributed by atoms with van der Waals surface area (Å²) in [6, 6.07) is 24.3. The molecular formula is C25H23N3O3. The standard InChI is InChI=1S/C25H23N3O3/c1-27-17-23(21-12-5-6-13-24(21)27)22(19-10-7-11-20(14-19)28(30)31)15-25(29)26-16-18-8-3-2-4-9-18/h2-14,17,22H,15-16H2,1H3,(H,26,29)/t22-/m1/s1. The summed E-state index contributed by atoms with van der Waals surface area (Å²) in [5.74, 6) is -0.407. The average molecular weight is 413 g/mol. The van der Waals surface area contributed by atoms with E-state index in [0.29, 0.717) is 6.54 Å². The first-order valence-corrected chi connectivity index (χ1v) is 10.1. The van der Waals surface area contributed by atoms with Crippen LogP contribution >= 0.6 is 0 Å². The molecule has 0 unspecified atom stereocenters. The molecule has 6 heteroatoms. The van der Waals surface area contributed by atoms with Gasteiger partial charge in [-0.05, 0) is 22.8 Å². The van der Waals surface area contributed by atoms with Gasteiger partial charge in [0.2, 0.25) is 5.91 Å². The third-order valence-corrected chi connectivity index (χ3v) is 5.51. The maximum atomic E-state index is 12.9. The van der Waals surface area contributed by atoms with E-state index in [1.807, 2.05) is 78.5 Å². The molecule has 3 aromatic carbocycles. The molecule has 4 aromatic rings. The number of non-ortho nitro benzene ring substituents is 1. The molecule has 0 radical (unpaired) electrons. The number of nitro groups is 1. The van der Waals surface area contributed by atoms with Gasteiger partial charge in [-0.15, -0.1) is 0 Å². The predicted octanol–water partition coefficient (Wildman–Crippen LogP) is 4.92. The van der Waals surface area contributed by atoms with E-state index in [4.69, 9.17) is 0 Å². The summed E-state index contributed by atoms with van der Waals surface area (Å²) in [4.78, 5) is 23.8. The second-order valence-electron chi connectivity index (χ2n) is 7.58. The van der Waals surface area contributed by atoms with Crippen LogP contribution in [-0.2, 0) is 18.4 Å². The largest absolute Gasteiger partial charge is 0.352 e. The van der Waals surface area contributed by atoms with Crippen LogP contribution in [-0.4, -0.2) is 15.4 Å². The molecule has 1 aromatic heterocycles. The highest BCUT2D eigenvalue weighted by Gasteiger charge is 2.23. The van der Waals surface area contributed by atoms with Crippen molar-refractivity contribution in [2.24, 2.45) is 7.05 Å². The van der Waals surface area contributed by atoms with Crippen LogP contribution < -0.4 is 5.32 Å². The maximum Gasteiger partial charge on any atom is 0.269 e. The molecule has 31 heavy (non-hydrogen) atoms. The topological polar surface area (TPSA) is 77.2 Å². The number of hydrogen-bond donors (Lipinski definition) is 1. The fourth-order valence-electron chi connectivity index (χ4n) is 3.97. The van der Waals surface area contributed by atoms with Crippen molar-refractivity contribution in [3.8, 4) is 0 Å². The minimum absolute atomic E-state index is 0.0208. The first-order chi connectivity index (χ1) is 15.0. The molecule has 1 heterocycles. The van der Waals surface area contributed by atoms with E-state index in [-0.39, 0.29) is 23.9 Å². The number of aromatic nitrogens is 1. The van der Waals surface area contributed by atoms with Crippen LogP contribution in [0.5, 0.6) is 0 Å². The van der Waals surface area contributed by atoms with Crippen LogP contribution in [0.4, 0.5) is 5.69 Å². The van der Waals surface area contributed by atoms with Crippen LogP contribution in [0, 0.1) is 10.1 Å². The summed E-state index contributed by atoms with van der Waals surface area (Å²) >= 11 is 0. The van der Waals surface area contributed by atoms with E-state index in [9.17, 15) is 14.9 Å². The lowest BCUT2D eigenvalue weighted by Crippen LogP contribution is -2.25. The molecule has 0 fully saturated rings. The van der Waals surface area contributed by atoms with Crippen LogP contribution in [0.1, 0.15) is 29.0 Å². The smallest absolute Gasteiger partial charge is 0.269 e. The number of para-hydroxylation sites is 1. The molecule has 4 rings (SSSR count). The van der Waals surface area contributed by atoms with Gasteiger partial charge in [0.1, 0.15) is 0 Å². The zero-order valence-corrected chi connectivity index (χ0v) is 17.2. The molecular weight excluding hydrogens is 390 g/mol. The Morgan fingerprint density at radius 3 is 2.55 bits per heavy atom. The normalized spacial score (nSPS) is 11.9. The van der Waals surface area contributed by atoms with Gasteiger partial charge >= 0.3 is 0 Å². The lowest BCUT2D eigenvalue weighted by atomic mass is 9.87. The first-order valence-electron chi connectivity index (χ1n) is 10.1. The zero-order chi connectivity index (χ0) is 21.8. The Balaban J connectivity index is 1.68. The minimum Gasteiger partial charge on any atom is -0.352 e. The van der Waals surface area contributed by atoms with Crippen molar-refractivity contribution in [1.29, 1.82) is 0 Å². The third-order valence-electron chi connectivity index (χ3n) is 5.51. The Morgan fingerprint density at radius 1 is 1.03 bits per heavy atom. The van der Waals surface area contributed by atoms with Gasteiger partial charge in [-0.25, -0.2) is 0 Å². The van der Waals surface area contributed by atoms with E-state index >= 15 is 0 Å². The fourth-order valence-corrected chi connectivity index (χ4v) is 3.97. The van der Waals surface area contributed by atoms with Gasteiger partial charge in [0.25, 0.3) is 5.69 Å². The fraction of sp³-hybridized carbons (Fsp3) is 0.160. The summed E-state index contributed by atoms with van der Waals surface area (Å²) in [5, 5.41) is 15.4. The van der Waals surface area contributed by atoms with Crippen molar-refractivity contribution in [3.05, 3.63) is 112 Å². The Kier molecular flexibility index (Phi) is 5.80. The molecule has 156 valence electrons. The van der Waals surface area contributed by atoms with Crippen molar-refractivity contribution in [2.75, 3.05) is 0 Å². The number of nitro benzene ring substituents is 1. The Morgan fingerprint density at radius 2 is 1.77 bits per heavy atom. The number of benzene rings is 3. The van der Waals surface area contributed by atoms with Crippen molar-refractivity contribution >= 4 is 22.5 Å². The van der Waals surface area contributed by atoms with Gasteiger partial charge in [0, 0.05) is 55.2 Å². The van der Waals surface area contributed by atoms with Crippen LogP contribution in [0.3, 0.4) is 0 Å². The Bertz CT molecular complexity index is 1230. The molecule has 1 amide bonds. The summed E-state index contributed by atoms with van der Waals surface area (Å²) in [6.07, 6.45) is 2.21. The number of hydrogen-bond acceptors (Lipinski definition) is 3. The van der Waals surface area contributed by atoms with Crippen molar-refractivity contribution < 1.29 is 9.72 Å². The van der Waals surface area contributed by atoms with Crippen LogP contribution in [0.2, 0.25) is 0 Å². The molecule has 0 saturated carbocycles. The SMILES string of the molecule is Cn1cc([C@H](CC(=O)NCc2ccccc2)c2cccc([N+](=O)[O-])c2)c2ccccc21. The highest BCUT2D eigenvalue weighted by atomic mass is 16.6. The van der Waals surface area contributed by atoms with Gasteiger partial charge in [0.05, 0.1) is 4.92 Å². The van der Waals surface area contributed by atoms with Crippen molar-refractivity contribution in [2.45, 2.75) is 18.9 Å². The van der Waals surface area contributed by atoms with Gasteiger partial charge < -0.3 is 9.88 Å². The van der Waals surface area contributed by atoms with Crippen LogP contribution in [0.25, 0.3) is 10.9 Å². The Labute approximate surface area is 180 Å². The van der Waals surface area contributed by atoms with E-state index in [1.165, 1.54) is 6.07 Å².